The van der Waals surface area contributed by atoms with Crippen molar-refractivity contribution in [2.45, 2.75) is 24.5 Å². The lowest BCUT2D eigenvalue weighted by molar-refractivity contribution is -0.195. The van der Waals surface area contributed by atoms with Crippen LogP contribution in [0.25, 0.3) is 0 Å². The van der Waals surface area contributed by atoms with Crippen molar-refractivity contribution in [1.29, 1.82) is 0 Å². The van der Waals surface area contributed by atoms with Crippen LogP contribution in [0.3, 0.4) is 0 Å². The van der Waals surface area contributed by atoms with Crippen LogP contribution in [-0.2, 0) is 19.1 Å². The summed E-state index contributed by atoms with van der Waals surface area (Å²) in [6.45, 7) is 2.88. The molecule has 0 aromatic carbocycles. The van der Waals surface area contributed by atoms with Gasteiger partial charge >= 0.3 is 11.9 Å². The number of carbonyl (C=O) groups is 2. The van der Waals surface area contributed by atoms with E-state index in [1.807, 2.05) is 0 Å². The zero-order chi connectivity index (χ0) is 8.65. The third-order valence-corrected chi connectivity index (χ3v) is 1.76. The fraction of sp³-hybridized carbons (Fsp3) is 0.667. The number of rotatable bonds is 0. The van der Waals surface area contributed by atoms with Crippen molar-refractivity contribution in [2.24, 2.45) is 0 Å². The van der Waals surface area contributed by atoms with Gasteiger partial charge in [-0.1, -0.05) is 0 Å². The summed E-state index contributed by atoms with van der Waals surface area (Å²) in [5, 5.41) is 0. The summed E-state index contributed by atoms with van der Waals surface area (Å²) in [6.07, 6.45) is -0.798. The summed E-state index contributed by atoms with van der Waals surface area (Å²) in [5.41, 5.74) is 0. The molecule has 0 radical (unpaired) electrons. The van der Waals surface area contributed by atoms with Crippen molar-refractivity contribution in [2.75, 3.05) is 0 Å². The van der Waals surface area contributed by atoms with Crippen LogP contribution in [0.2, 0.25) is 0 Å². The van der Waals surface area contributed by atoms with Crippen LogP contribution in [0.4, 0.5) is 0 Å². The number of halogens is 1. The van der Waals surface area contributed by atoms with Gasteiger partial charge in [0.25, 0.3) is 4.51 Å². The lowest BCUT2D eigenvalue weighted by Gasteiger charge is -2.28. The molecule has 0 N–H and O–H groups in total. The van der Waals surface area contributed by atoms with Crippen LogP contribution < -0.4 is 0 Å². The Bertz CT molecular complexity index is 211. The van der Waals surface area contributed by atoms with Crippen LogP contribution in [-0.4, -0.2) is 22.6 Å². The van der Waals surface area contributed by atoms with Gasteiger partial charge in [0.2, 0.25) is 0 Å². The number of hydrogen-bond acceptors (Lipinski definition) is 4. The smallest absolute Gasteiger partial charge is 0.362 e. The van der Waals surface area contributed by atoms with E-state index in [0.717, 1.165) is 0 Å². The first-order valence-corrected chi connectivity index (χ1v) is 3.85. The highest BCUT2D eigenvalue weighted by Gasteiger charge is 2.44. The van der Waals surface area contributed by atoms with Crippen LogP contribution in [0.1, 0.15) is 13.8 Å². The van der Waals surface area contributed by atoms with Crippen molar-refractivity contribution in [3.63, 3.8) is 0 Å². The summed E-state index contributed by atoms with van der Waals surface area (Å²) in [4.78, 5) is 21.8. The molecule has 11 heavy (non-hydrogen) atoms. The first kappa shape index (κ1) is 8.52. The molecule has 0 unspecified atom stereocenters. The topological polar surface area (TPSA) is 52.6 Å². The van der Waals surface area contributed by atoms with Gasteiger partial charge in [0, 0.05) is 0 Å². The van der Waals surface area contributed by atoms with Gasteiger partial charge in [-0.3, -0.25) is 0 Å². The third-order valence-electron chi connectivity index (χ3n) is 1.27. The van der Waals surface area contributed by atoms with Crippen molar-refractivity contribution < 1.29 is 19.1 Å². The van der Waals surface area contributed by atoms with E-state index in [0.29, 0.717) is 0 Å². The van der Waals surface area contributed by atoms with E-state index in [9.17, 15) is 9.59 Å². The monoisotopic (exact) mass is 222 g/mol. The van der Waals surface area contributed by atoms with Gasteiger partial charge in [-0.05, 0) is 29.8 Å². The van der Waals surface area contributed by atoms with E-state index in [1.54, 1.807) is 0 Å². The Kier molecular flexibility index (Phi) is 1.92. The molecule has 0 aliphatic carbocycles. The number of cyclic esters (lactones) is 2. The maximum Gasteiger partial charge on any atom is 0.362 e. The number of hydrogen-bond donors (Lipinski definition) is 0. The highest BCUT2D eigenvalue weighted by atomic mass is 79.9. The minimum absolute atomic E-state index is 0.538. The summed E-state index contributed by atoms with van der Waals surface area (Å²) in [7, 11) is 0. The fourth-order valence-corrected chi connectivity index (χ4v) is 0.880. The summed E-state index contributed by atoms with van der Waals surface area (Å²) in [6, 6.07) is 0. The summed E-state index contributed by atoms with van der Waals surface area (Å²) < 4.78 is 8.05. The Morgan fingerprint density at radius 2 is 2.09 bits per heavy atom. The second-order valence-electron chi connectivity index (χ2n) is 2.39. The predicted octanol–water partition coefficient (Wildman–Crippen LogP) is 0.586. The van der Waals surface area contributed by atoms with Crippen molar-refractivity contribution in [3.8, 4) is 0 Å². The average Bonchev–Trinajstić information content (AvgIpc) is 1.83. The Hall–Kier alpha value is -0.580. The quantitative estimate of drug-likeness (QED) is 0.445. The Morgan fingerprint density at radius 3 is 2.55 bits per heavy atom. The standard InChI is InChI=1S/C6H7BrO4/c1-3-4(8)11-6(2,7)5(9)10-3/h3H,1-2H3/t3-,6+/m0/s1. The molecule has 4 nitrogen and oxygen atoms in total. The minimum atomic E-state index is -1.31. The predicted molar refractivity (Wildman–Crippen MR) is 39.0 cm³/mol. The van der Waals surface area contributed by atoms with E-state index in [4.69, 9.17) is 4.74 Å². The molecule has 1 aliphatic rings. The van der Waals surface area contributed by atoms with E-state index < -0.39 is 22.6 Å². The Labute approximate surface area is 72.0 Å². The molecule has 5 heteroatoms. The number of alkyl halides is 1. The van der Waals surface area contributed by atoms with Crippen LogP contribution >= 0.6 is 15.9 Å². The lowest BCUT2D eigenvalue weighted by Crippen LogP contribution is -2.47. The van der Waals surface area contributed by atoms with Gasteiger partial charge in [-0.25, -0.2) is 9.59 Å². The Morgan fingerprint density at radius 1 is 1.55 bits per heavy atom. The van der Waals surface area contributed by atoms with Crippen LogP contribution in [0, 0.1) is 0 Å². The third kappa shape index (κ3) is 1.53. The van der Waals surface area contributed by atoms with E-state index in [1.165, 1.54) is 13.8 Å². The minimum Gasteiger partial charge on any atom is -0.447 e. The Balaban J connectivity index is 2.79. The molecular weight excluding hydrogens is 216 g/mol. The summed E-state index contributed by atoms with van der Waals surface area (Å²) >= 11 is 2.91. The first-order chi connectivity index (χ1) is 4.93. The number of carbonyl (C=O) groups excluding carboxylic acids is 2. The van der Waals surface area contributed by atoms with Crippen LogP contribution in [0.15, 0.2) is 0 Å². The van der Waals surface area contributed by atoms with Gasteiger partial charge in [0.15, 0.2) is 6.10 Å². The van der Waals surface area contributed by atoms with Gasteiger partial charge in [0.05, 0.1) is 0 Å². The van der Waals surface area contributed by atoms with Crippen molar-refractivity contribution >= 4 is 27.9 Å². The lowest BCUT2D eigenvalue weighted by atomic mass is 10.3. The molecule has 1 saturated heterocycles. The van der Waals surface area contributed by atoms with Crippen molar-refractivity contribution in [3.05, 3.63) is 0 Å². The highest BCUT2D eigenvalue weighted by Crippen LogP contribution is 2.26. The molecule has 0 aromatic rings. The maximum absolute atomic E-state index is 10.9. The second-order valence-corrected chi connectivity index (χ2v) is 3.90. The normalized spacial score (nSPS) is 37.9. The molecule has 0 aromatic heterocycles. The van der Waals surface area contributed by atoms with E-state index in [-0.39, 0.29) is 0 Å². The molecule has 0 bridgehead atoms. The molecule has 1 aliphatic heterocycles. The second kappa shape index (κ2) is 2.48. The van der Waals surface area contributed by atoms with Gasteiger partial charge in [-0.2, -0.15) is 0 Å². The number of esters is 2. The van der Waals surface area contributed by atoms with E-state index >= 15 is 0 Å². The SMILES string of the molecule is C[C@@H]1OC(=O)[C@](C)(Br)OC1=O. The molecular formula is C6H7BrO4. The van der Waals surface area contributed by atoms with Gasteiger partial charge in [-0.15, -0.1) is 0 Å². The highest BCUT2D eigenvalue weighted by molar-refractivity contribution is 9.10. The van der Waals surface area contributed by atoms with Crippen molar-refractivity contribution in [1.82, 2.24) is 0 Å². The first-order valence-electron chi connectivity index (χ1n) is 3.06. The molecule has 0 amide bonds. The largest absolute Gasteiger partial charge is 0.447 e. The molecule has 1 rings (SSSR count). The molecule has 0 spiro atoms. The van der Waals surface area contributed by atoms with Gasteiger partial charge < -0.3 is 9.47 Å². The molecule has 2 atom stereocenters. The fourth-order valence-electron chi connectivity index (χ4n) is 0.627. The zero-order valence-corrected chi connectivity index (χ0v) is 7.67. The van der Waals surface area contributed by atoms with Gasteiger partial charge in [0.1, 0.15) is 0 Å². The number of ether oxygens (including phenoxy) is 2. The van der Waals surface area contributed by atoms with E-state index in [2.05, 4.69) is 20.7 Å². The summed E-state index contributed by atoms with van der Waals surface area (Å²) in [5.74, 6) is -1.12. The van der Waals surface area contributed by atoms with Crippen LogP contribution in [0.5, 0.6) is 0 Å². The molecule has 0 saturated carbocycles. The molecule has 62 valence electrons. The zero-order valence-electron chi connectivity index (χ0n) is 6.09. The molecule has 1 heterocycles. The maximum atomic E-state index is 10.9. The molecule has 1 fully saturated rings. The average molecular weight is 223 g/mol.